The van der Waals surface area contributed by atoms with Crippen LogP contribution in [0.25, 0.3) is 0 Å². The number of ether oxygens (including phenoxy) is 2. The van der Waals surface area contributed by atoms with E-state index in [0.717, 1.165) is 42.9 Å². The maximum Gasteiger partial charge on any atom is 0.228 e. The Balaban J connectivity index is 1.25. The molecular formula is C27H28N2O4. The first-order chi connectivity index (χ1) is 16.0. The Bertz CT molecular complexity index is 1060. The van der Waals surface area contributed by atoms with Crippen molar-refractivity contribution in [3.63, 3.8) is 0 Å². The third-order valence-electron chi connectivity index (χ3n) is 5.60. The molecule has 0 saturated carbocycles. The van der Waals surface area contributed by atoms with Crippen LogP contribution in [0.1, 0.15) is 25.3 Å². The number of piperidine rings is 1. The Morgan fingerprint density at radius 3 is 2.03 bits per heavy atom. The van der Waals surface area contributed by atoms with E-state index in [9.17, 15) is 9.59 Å². The predicted octanol–water partition coefficient (Wildman–Crippen LogP) is 5.05. The Morgan fingerprint density at radius 1 is 0.848 bits per heavy atom. The first-order valence-corrected chi connectivity index (χ1v) is 11.2. The summed E-state index contributed by atoms with van der Waals surface area (Å²) in [6, 6.07) is 24.5. The molecule has 0 aliphatic carbocycles. The number of carbonyl (C=O) groups is 2. The molecule has 6 heteroatoms. The minimum Gasteiger partial charge on any atom is -0.490 e. The highest BCUT2D eigenvalue weighted by atomic mass is 16.5. The summed E-state index contributed by atoms with van der Waals surface area (Å²) in [5.41, 5.74) is 1.70. The van der Waals surface area contributed by atoms with Crippen molar-refractivity contribution in [1.82, 2.24) is 4.90 Å². The number of nitrogens with zero attached hydrogens (tertiary/aromatic N) is 1. The molecule has 33 heavy (non-hydrogen) atoms. The summed E-state index contributed by atoms with van der Waals surface area (Å²) in [5, 5.41) is 2.89. The van der Waals surface area contributed by atoms with Gasteiger partial charge in [0.2, 0.25) is 11.8 Å². The summed E-state index contributed by atoms with van der Waals surface area (Å²) in [7, 11) is 0. The van der Waals surface area contributed by atoms with E-state index < -0.39 is 0 Å². The Hall–Kier alpha value is -3.80. The average Bonchev–Trinajstić information content (AvgIpc) is 2.82. The number of nitrogens with one attached hydrogen (secondary N) is 1. The van der Waals surface area contributed by atoms with Crippen LogP contribution in [-0.2, 0) is 16.0 Å². The van der Waals surface area contributed by atoms with Gasteiger partial charge in [-0.15, -0.1) is 0 Å². The number of hydrogen-bond acceptors (Lipinski definition) is 4. The van der Waals surface area contributed by atoms with E-state index >= 15 is 0 Å². The fourth-order valence-corrected chi connectivity index (χ4v) is 3.79. The van der Waals surface area contributed by atoms with E-state index in [1.807, 2.05) is 83.8 Å². The molecule has 6 nitrogen and oxygen atoms in total. The number of likely N-dealkylation sites (tertiary alicyclic amines) is 1. The van der Waals surface area contributed by atoms with Crippen molar-refractivity contribution in [3.05, 3.63) is 84.4 Å². The van der Waals surface area contributed by atoms with Crippen LogP contribution in [0, 0.1) is 0 Å². The lowest BCUT2D eigenvalue weighted by Crippen LogP contribution is -2.40. The number of hydrogen-bond donors (Lipinski definition) is 1. The zero-order valence-corrected chi connectivity index (χ0v) is 18.7. The lowest BCUT2D eigenvalue weighted by Gasteiger charge is -2.31. The van der Waals surface area contributed by atoms with Crippen molar-refractivity contribution in [2.75, 3.05) is 18.4 Å². The maximum atomic E-state index is 12.2. The Morgan fingerprint density at radius 2 is 1.42 bits per heavy atom. The number of anilines is 1. The lowest BCUT2D eigenvalue weighted by atomic mass is 10.1. The van der Waals surface area contributed by atoms with Crippen LogP contribution in [0.4, 0.5) is 5.69 Å². The molecule has 0 radical (unpaired) electrons. The van der Waals surface area contributed by atoms with Crippen LogP contribution in [0.3, 0.4) is 0 Å². The molecule has 1 aliphatic heterocycles. The number of rotatable bonds is 7. The second-order valence-corrected chi connectivity index (χ2v) is 8.13. The Kier molecular flexibility index (Phi) is 7.25. The minimum atomic E-state index is -0.0579. The highest BCUT2D eigenvalue weighted by molar-refractivity contribution is 5.92. The summed E-state index contributed by atoms with van der Waals surface area (Å²) < 4.78 is 12.0. The normalized spacial score (nSPS) is 13.9. The lowest BCUT2D eigenvalue weighted by molar-refractivity contribution is -0.130. The van der Waals surface area contributed by atoms with Crippen molar-refractivity contribution >= 4 is 17.5 Å². The monoisotopic (exact) mass is 444 g/mol. The van der Waals surface area contributed by atoms with Crippen molar-refractivity contribution < 1.29 is 19.1 Å². The maximum absolute atomic E-state index is 12.2. The molecule has 0 aromatic heterocycles. The van der Waals surface area contributed by atoms with Crippen LogP contribution in [0.15, 0.2) is 78.9 Å². The topological polar surface area (TPSA) is 67.9 Å². The van der Waals surface area contributed by atoms with Gasteiger partial charge in [-0.05, 0) is 54.1 Å². The van der Waals surface area contributed by atoms with Gasteiger partial charge in [0.15, 0.2) is 0 Å². The van der Waals surface area contributed by atoms with Gasteiger partial charge in [0, 0.05) is 38.5 Å². The van der Waals surface area contributed by atoms with Crippen LogP contribution in [0.2, 0.25) is 0 Å². The molecule has 170 valence electrons. The summed E-state index contributed by atoms with van der Waals surface area (Å²) in [6.07, 6.45) is 2.10. The summed E-state index contributed by atoms with van der Waals surface area (Å²) in [6.45, 7) is 3.09. The van der Waals surface area contributed by atoms with Gasteiger partial charge in [-0.1, -0.05) is 30.3 Å². The molecule has 1 saturated heterocycles. The molecular weight excluding hydrogens is 416 g/mol. The van der Waals surface area contributed by atoms with Crippen molar-refractivity contribution in [2.24, 2.45) is 0 Å². The van der Waals surface area contributed by atoms with E-state index in [1.54, 1.807) is 6.92 Å². The van der Waals surface area contributed by atoms with Crippen LogP contribution >= 0.6 is 0 Å². The van der Waals surface area contributed by atoms with Crippen molar-refractivity contribution in [3.8, 4) is 17.2 Å². The van der Waals surface area contributed by atoms with E-state index in [4.69, 9.17) is 9.47 Å². The first kappa shape index (κ1) is 22.4. The van der Waals surface area contributed by atoms with Gasteiger partial charge in [0.05, 0.1) is 6.42 Å². The van der Waals surface area contributed by atoms with E-state index in [-0.39, 0.29) is 17.9 Å². The number of carbonyl (C=O) groups excluding carboxylic acids is 2. The first-order valence-electron chi connectivity index (χ1n) is 11.2. The van der Waals surface area contributed by atoms with Gasteiger partial charge in [-0.3, -0.25) is 9.59 Å². The molecule has 0 spiro atoms. The summed E-state index contributed by atoms with van der Waals surface area (Å²) >= 11 is 0. The minimum absolute atomic E-state index is 0.0579. The highest BCUT2D eigenvalue weighted by Crippen LogP contribution is 2.26. The van der Waals surface area contributed by atoms with E-state index in [2.05, 4.69) is 5.32 Å². The largest absolute Gasteiger partial charge is 0.490 e. The quantitative estimate of drug-likeness (QED) is 0.554. The summed E-state index contributed by atoms with van der Waals surface area (Å²) in [4.78, 5) is 25.5. The average molecular weight is 445 g/mol. The Labute approximate surface area is 194 Å². The van der Waals surface area contributed by atoms with Crippen LogP contribution in [-0.4, -0.2) is 35.9 Å². The van der Waals surface area contributed by atoms with Gasteiger partial charge >= 0.3 is 0 Å². The van der Waals surface area contributed by atoms with Gasteiger partial charge in [-0.25, -0.2) is 0 Å². The van der Waals surface area contributed by atoms with Crippen LogP contribution < -0.4 is 14.8 Å². The zero-order chi connectivity index (χ0) is 23.0. The molecule has 1 N–H and O–H groups in total. The van der Waals surface area contributed by atoms with Crippen molar-refractivity contribution in [1.29, 1.82) is 0 Å². The number of para-hydroxylation sites is 1. The smallest absolute Gasteiger partial charge is 0.228 e. The molecule has 3 aromatic rings. The van der Waals surface area contributed by atoms with E-state index in [0.29, 0.717) is 17.9 Å². The molecule has 0 unspecified atom stereocenters. The molecule has 1 aliphatic rings. The van der Waals surface area contributed by atoms with Gasteiger partial charge in [0.25, 0.3) is 0 Å². The molecule has 0 bridgehead atoms. The predicted molar refractivity (Wildman–Crippen MR) is 128 cm³/mol. The highest BCUT2D eigenvalue weighted by Gasteiger charge is 2.21. The van der Waals surface area contributed by atoms with Gasteiger partial charge in [-0.2, -0.15) is 0 Å². The fourth-order valence-electron chi connectivity index (χ4n) is 3.79. The van der Waals surface area contributed by atoms with Gasteiger partial charge in [0.1, 0.15) is 23.4 Å². The fraction of sp³-hybridized carbons (Fsp3) is 0.259. The number of benzene rings is 3. The second kappa shape index (κ2) is 10.7. The van der Waals surface area contributed by atoms with E-state index in [1.165, 1.54) is 0 Å². The zero-order valence-electron chi connectivity index (χ0n) is 18.7. The second-order valence-electron chi connectivity index (χ2n) is 8.13. The van der Waals surface area contributed by atoms with Crippen LogP contribution in [0.5, 0.6) is 17.2 Å². The molecule has 2 amide bonds. The molecule has 0 atom stereocenters. The van der Waals surface area contributed by atoms with Gasteiger partial charge < -0.3 is 19.7 Å². The van der Waals surface area contributed by atoms with Crippen molar-refractivity contribution in [2.45, 2.75) is 32.3 Å². The molecule has 4 rings (SSSR count). The molecule has 3 aromatic carbocycles. The standard InChI is InChI=1S/C27H28N2O4/c1-20(30)29-17-15-26(16-18-29)33-25-13-11-24(12-14-25)32-23-9-7-21(8-10-23)19-27(31)28-22-5-3-2-4-6-22/h2-14,26H,15-19H2,1H3,(H,28,31). The third kappa shape index (κ3) is 6.59. The molecule has 1 heterocycles. The SMILES string of the molecule is CC(=O)N1CCC(Oc2ccc(Oc3ccc(CC(=O)Nc4ccccc4)cc3)cc2)CC1. The molecule has 1 fully saturated rings. The summed E-state index contributed by atoms with van der Waals surface area (Å²) in [5.74, 6) is 2.27. The number of amides is 2. The third-order valence-corrected chi connectivity index (χ3v) is 5.60.